The number of rotatable bonds is 4. The van der Waals surface area contributed by atoms with Gasteiger partial charge in [-0.1, -0.05) is 11.3 Å². The fourth-order valence-electron chi connectivity index (χ4n) is 1.78. The van der Waals surface area contributed by atoms with Gasteiger partial charge in [-0.05, 0) is 22.9 Å². The molecular weight excluding hydrogens is 408 g/mol. The van der Waals surface area contributed by atoms with Gasteiger partial charge in [-0.3, -0.25) is 9.69 Å². The zero-order valence-electron chi connectivity index (χ0n) is 10.7. The van der Waals surface area contributed by atoms with Crippen LogP contribution in [0.15, 0.2) is 3.79 Å². The van der Waals surface area contributed by atoms with Gasteiger partial charge in [-0.2, -0.15) is 0 Å². The number of nitrogens with zero attached hydrogens (tertiary/aromatic N) is 2. The maximum Gasteiger partial charge on any atom is 0.359 e. The molecule has 0 radical (unpaired) electrons. The summed E-state index contributed by atoms with van der Waals surface area (Å²) >= 11 is 4.24. The average molecular weight is 418 g/mol. The summed E-state index contributed by atoms with van der Waals surface area (Å²) in [6, 6.07) is 0. The number of carbonyl (C=O) groups excluding carboxylic acids is 2. The van der Waals surface area contributed by atoms with E-state index in [1.807, 2.05) is 0 Å². The van der Waals surface area contributed by atoms with Crippen molar-refractivity contribution in [1.82, 2.24) is 4.98 Å². The zero-order valence-corrected chi connectivity index (χ0v) is 14.7. The van der Waals surface area contributed by atoms with Crippen LogP contribution in [0.1, 0.15) is 23.8 Å². The molecule has 11 heteroatoms. The average Bonchev–Trinajstić information content (AvgIpc) is 2.92. The summed E-state index contributed by atoms with van der Waals surface area (Å²) in [5, 5.41) is -0.738. The summed E-state index contributed by atoms with van der Waals surface area (Å²) in [6.07, 6.45) is -0.197. The van der Waals surface area contributed by atoms with E-state index in [9.17, 15) is 18.0 Å². The highest BCUT2D eigenvalue weighted by molar-refractivity contribution is 9.11. The van der Waals surface area contributed by atoms with Crippen molar-refractivity contribution < 1.29 is 22.7 Å². The molecule has 1 amide bonds. The van der Waals surface area contributed by atoms with Crippen LogP contribution in [-0.4, -0.2) is 43.7 Å². The van der Waals surface area contributed by atoms with Gasteiger partial charge in [0.15, 0.2) is 10.8 Å². The van der Waals surface area contributed by atoms with Crippen LogP contribution in [0.5, 0.6) is 0 Å². The third-order valence-corrected chi connectivity index (χ3v) is 6.36. The minimum absolute atomic E-state index is 0.0573. The van der Waals surface area contributed by atoms with Crippen molar-refractivity contribution in [1.29, 1.82) is 0 Å². The van der Waals surface area contributed by atoms with Crippen molar-refractivity contribution in [3.63, 3.8) is 0 Å². The Morgan fingerprint density at radius 1 is 1.62 bits per heavy atom. The monoisotopic (exact) mass is 416 g/mol. The largest absolute Gasteiger partial charge is 0.461 e. The number of halogens is 2. The van der Waals surface area contributed by atoms with E-state index in [-0.39, 0.29) is 30.4 Å². The van der Waals surface area contributed by atoms with Gasteiger partial charge in [-0.15, -0.1) is 0 Å². The number of esters is 1. The lowest BCUT2D eigenvalue weighted by molar-refractivity contribution is -0.117. The van der Waals surface area contributed by atoms with E-state index in [1.54, 1.807) is 6.92 Å². The maximum absolute atomic E-state index is 11.9. The third-order valence-electron chi connectivity index (χ3n) is 2.76. The molecule has 1 aliphatic heterocycles. The zero-order chi connectivity index (χ0) is 15.8. The van der Waals surface area contributed by atoms with Gasteiger partial charge in [-0.25, -0.2) is 18.2 Å². The molecular formula is C10H10BrClN2O5S2. The molecule has 21 heavy (non-hydrogen) atoms. The SMILES string of the molecule is CCOC(=O)c1nc(N2CC(S(=O)(=O)Cl)CC2=O)sc1Br. The lowest BCUT2D eigenvalue weighted by Crippen LogP contribution is -2.26. The number of ether oxygens (including phenoxy) is 1. The van der Waals surface area contributed by atoms with Crippen molar-refractivity contribution >= 4 is 64.0 Å². The number of thiazole rings is 1. The number of carbonyl (C=O) groups is 2. The Morgan fingerprint density at radius 2 is 2.29 bits per heavy atom. The molecule has 7 nitrogen and oxygen atoms in total. The first-order valence-electron chi connectivity index (χ1n) is 5.81. The smallest absolute Gasteiger partial charge is 0.359 e. The lowest BCUT2D eigenvalue weighted by atomic mass is 10.4. The van der Waals surface area contributed by atoms with Crippen LogP contribution >= 0.6 is 37.9 Å². The van der Waals surface area contributed by atoms with Gasteiger partial charge in [0.25, 0.3) is 0 Å². The van der Waals surface area contributed by atoms with Crippen molar-refractivity contribution in [3.05, 3.63) is 9.48 Å². The molecule has 2 heterocycles. The van der Waals surface area contributed by atoms with Crippen molar-refractivity contribution in [2.24, 2.45) is 0 Å². The second kappa shape index (κ2) is 6.19. The highest BCUT2D eigenvalue weighted by Gasteiger charge is 2.39. The Hall–Kier alpha value is -0.710. The summed E-state index contributed by atoms with van der Waals surface area (Å²) < 4.78 is 27.9. The van der Waals surface area contributed by atoms with Crippen LogP contribution in [0.3, 0.4) is 0 Å². The Balaban J connectivity index is 2.26. The van der Waals surface area contributed by atoms with E-state index in [1.165, 1.54) is 4.90 Å². The highest BCUT2D eigenvalue weighted by atomic mass is 79.9. The van der Waals surface area contributed by atoms with Crippen molar-refractivity contribution in [2.45, 2.75) is 18.6 Å². The Bertz CT molecular complexity index is 690. The number of aromatic nitrogens is 1. The van der Waals surface area contributed by atoms with Gasteiger partial charge in [0, 0.05) is 23.6 Å². The van der Waals surface area contributed by atoms with Crippen LogP contribution in [-0.2, 0) is 18.6 Å². The normalized spacial score (nSPS) is 19.1. The van der Waals surface area contributed by atoms with Crippen LogP contribution < -0.4 is 4.90 Å². The first kappa shape index (κ1) is 16.7. The molecule has 0 bridgehead atoms. The van der Waals surface area contributed by atoms with Crippen molar-refractivity contribution in [2.75, 3.05) is 18.1 Å². The van der Waals surface area contributed by atoms with E-state index in [0.717, 1.165) is 11.3 Å². The number of anilines is 1. The molecule has 0 saturated carbocycles. The Labute approximate surface area is 137 Å². The lowest BCUT2D eigenvalue weighted by Gasteiger charge is -2.11. The van der Waals surface area contributed by atoms with Gasteiger partial charge in [0.2, 0.25) is 15.0 Å². The fourth-order valence-corrected chi connectivity index (χ4v) is 4.30. The standard InChI is InChI=1S/C10H10BrClN2O5S2/c1-2-19-9(16)7-8(11)20-10(13-7)14-4-5(3-6(14)15)21(12,17)18/h5H,2-4H2,1H3. The van der Waals surface area contributed by atoms with Gasteiger partial charge >= 0.3 is 5.97 Å². The second-order valence-electron chi connectivity index (χ2n) is 4.15. The first-order chi connectivity index (χ1) is 9.74. The quantitative estimate of drug-likeness (QED) is 0.547. The number of amides is 1. The molecule has 1 unspecified atom stereocenters. The topological polar surface area (TPSA) is 93.6 Å². The number of hydrogen-bond acceptors (Lipinski definition) is 7. The summed E-state index contributed by atoms with van der Waals surface area (Å²) in [7, 11) is 1.46. The Morgan fingerprint density at radius 3 is 2.81 bits per heavy atom. The molecule has 0 aromatic carbocycles. The molecule has 0 N–H and O–H groups in total. The molecule has 0 aliphatic carbocycles. The van der Waals surface area contributed by atoms with Crippen LogP contribution in [0.25, 0.3) is 0 Å². The summed E-state index contributed by atoms with van der Waals surface area (Å²) in [5.41, 5.74) is 0.0573. The molecule has 1 aliphatic rings. The van der Waals surface area contributed by atoms with E-state index in [0.29, 0.717) is 3.79 Å². The van der Waals surface area contributed by atoms with Crippen LogP contribution in [0.4, 0.5) is 5.13 Å². The number of hydrogen-bond donors (Lipinski definition) is 0. The minimum Gasteiger partial charge on any atom is -0.461 e. The Kier molecular flexibility index (Phi) is 4.91. The van der Waals surface area contributed by atoms with Crippen LogP contribution in [0, 0.1) is 0 Å². The van der Waals surface area contributed by atoms with Crippen molar-refractivity contribution in [3.8, 4) is 0 Å². The van der Waals surface area contributed by atoms with Gasteiger partial charge in [0.1, 0.15) is 9.04 Å². The first-order valence-corrected chi connectivity index (χ1v) is 9.79. The van der Waals surface area contributed by atoms with Gasteiger partial charge < -0.3 is 4.74 Å². The minimum atomic E-state index is -3.82. The van der Waals surface area contributed by atoms with E-state index >= 15 is 0 Å². The predicted molar refractivity (Wildman–Crippen MR) is 81.3 cm³/mol. The molecule has 1 atom stereocenters. The molecule has 116 valence electrons. The van der Waals surface area contributed by atoms with Crippen LogP contribution in [0.2, 0.25) is 0 Å². The molecule has 2 rings (SSSR count). The molecule has 1 fully saturated rings. The molecule has 1 aromatic rings. The summed E-state index contributed by atoms with van der Waals surface area (Å²) in [4.78, 5) is 28.8. The molecule has 1 aromatic heterocycles. The molecule has 1 saturated heterocycles. The van der Waals surface area contributed by atoms with E-state index in [4.69, 9.17) is 15.4 Å². The van der Waals surface area contributed by atoms with E-state index < -0.39 is 26.2 Å². The van der Waals surface area contributed by atoms with E-state index in [2.05, 4.69) is 20.9 Å². The fraction of sp³-hybridized carbons (Fsp3) is 0.500. The summed E-state index contributed by atoms with van der Waals surface area (Å²) in [5.74, 6) is -1.01. The predicted octanol–water partition coefficient (Wildman–Crippen LogP) is 1.76. The van der Waals surface area contributed by atoms with Gasteiger partial charge in [0.05, 0.1) is 6.61 Å². The maximum atomic E-state index is 11.9. The molecule has 0 spiro atoms. The second-order valence-corrected chi connectivity index (χ2v) is 9.35. The third kappa shape index (κ3) is 3.55. The highest BCUT2D eigenvalue weighted by Crippen LogP contribution is 2.35. The summed E-state index contributed by atoms with van der Waals surface area (Å²) in [6.45, 7) is 1.79.